The lowest BCUT2D eigenvalue weighted by atomic mass is 9.92. The Labute approximate surface area is 392 Å². The van der Waals surface area contributed by atoms with E-state index in [-0.39, 0.29) is 0 Å². The van der Waals surface area contributed by atoms with E-state index in [1.807, 2.05) is 18.2 Å². The Hall–Kier alpha value is -8.16. The molecule has 0 bridgehead atoms. The molecule has 7 rings (SSSR count). The monoisotopic (exact) mass is 858 g/mol. The normalized spacial score (nSPS) is 10.8. The van der Waals surface area contributed by atoms with Crippen molar-refractivity contribution in [2.24, 2.45) is 0 Å². The van der Waals surface area contributed by atoms with Gasteiger partial charge in [-0.15, -0.1) is 0 Å². The highest BCUT2D eigenvalue weighted by molar-refractivity contribution is 5.81. The molecular weight excluding hydrogens is 805 g/mol. The summed E-state index contributed by atoms with van der Waals surface area (Å²) in [6, 6.07) is 57.9. The number of methoxy groups -OCH3 is 3. The molecule has 0 spiro atoms. The van der Waals surface area contributed by atoms with Crippen molar-refractivity contribution in [1.29, 1.82) is 0 Å². The molecular formula is C63H54O3. The van der Waals surface area contributed by atoms with Crippen LogP contribution in [-0.4, -0.2) is 21.3 Å². The maximum atomic E-state index is 5.10. The first-order valence-corrected chi connectivity index (χ1v) is 22.3. The second-order valence-corrected chi connectivity index (χ2v) is 15.7. The molecule has 3 nitrogen and oxygen atoms in total. The van der Waals surface area contributed by atoms with E-state index in [1.165, 1.54) is 33.4 Å². The second-order valence-electron chi connectivity index (χ2n) is 15.7. The molecule has 0 radical (unpaired) electrons. The number of hydrogen-bond donors (Lipinski definition) is 0. The largest absolute Gasteiger partial charge is 0.505 e. The van der Waals surface area contributed by atoms with Gasteiger partial charge < -0.3 is 14.2 Å². The summed E-state index contributed by atoms with van der Waals surface area (Å²) in [4.78, 5) is 0. The van der Waals surface area contributed by atoms with E-state index in [2.05, 4.69) is 199 Å². The highest BCUT2D eigenvalue weighted by Gasteiger charge is 2.09. The van der Waals surface area contributed by atoms with E-state index >= 15 is 0 Å². The lowest BCUT2D eigenvalue weighted by Crippen LogP contribution is -1.91. The van der Waals surface area contributed by atoms with Crippen molar-refractivity contribution in [3.8, 4) is 68.9 Å². The predicted octanol–water partition coefficient (Wildman–Crippen LogP) is 13.6. The molecule has 0 aromatic heterocycles. The molecule has 0 N–H and O–H groups in total. The molecule has 0 amide bonds. The summed E-state index contributed by atoms with van der Waals surface area (Å²) < 4.78 is 15.3. The minimum atomic E-state index is 0.682. The average molecular weight is 859 g/mol. The maximum absolute atomic E-state index is 5.10. The van der Waals surface area contributed by atoms with Crippen molar-refractivity contribution in [1.82, 2.24) is 0 Å². The number of allylic oxidation sites excluding steroid dienone is 3. The molecule has 66 heavy (non-hydrogen) atoms. The zero-order valence-electron chi connectivity index (χ0n) is 38.0. The predicted molar refractivity (Wildman–Crippen MR) is 273 cm³/mol. The number of ether oxygens (including phenoxy) is 3. The highest BCUT2D eigenvalue weighted by atomic mass is 16.5. The zero-order valence-corrected chi connectivity index (χ0v) is 38.0. The third kappa shape index (κ3) is 13.4. The van der Waals surface area contributed by atoms with Crippen molar-refractivity contribution in [3.63, 3.8) is 0 Å². The Morgan fingerprint density at radius 3 is 0.833 bits per heavy atom. The summed E-state index contributed by atoms with van der Waals surface area (Å²) in [5, 5.41) is 0. The third-order valence-electron chi connectivity index (χ3n) is 11.2. The summed E-state index contributed by atoms with van der Waals surface area (Å²) in [6.07, 6.45) is 15.7. The molecule has 0 atom stereocenters. The molecule has 0 fully saturated rings. The van der Waals surface area contributed by atoms with Gasteiger partial charge in [0, 0.05) is 36.0 Å². The number of hydrogen-bond acceptors (Lipinski definition) is 3. The van der Waals surface area contributed by atoms with E-state index in [4.69, 9.17) is 14.2 Å². The molecule has 0 heterocycles. The summed E-state index contributed by atoms with van der Waals surface area (Å²) >= 11 is 0. The Morgan fingerprint density at radius 2 is 0.576 bits per heavy atom. The third-order valence-corrected chi connectivity index (χ3v) is 11.2. The Morgan fingerprint density at radius 1 is 0.318 bits per heavy atom. The second kappa shape index (κ2) is 24.6. The quantitative estimate of drug-likeness (QED) is 0.0759. The molecule has 7 aromatic rings. The summed E-state index contributed by atoms with van der Waals surface area (Å²) in [5.74, 6) is 20.4. The van der Waals surface area contributed by atoms with Crippen LogP contribution in [0, 0.1) is 35.5 Å². The molecule has 0 aliphatic carbocycles. The van der Waals surface area contributed by atoms with Gasteiger partial charge in [0.25, 0.3) is 0 Å². The fraction of sp³-hybridized carbons (Fsp3) is 0.143. The standard InChI is InChI=1S/C63H54O3/c1-64-43-13-28-55-22-7-4-19-52(55)25-10-16-49-31-37-58(38-32-49)61-46-62(59-39-33-50(34-40-59)17-11-26-53-20-5-8-23-56(53)29-14-44-65-2)48-63(47-61)60-41-35-51(36-42-60)18-12-27-54-21-6-9-24-57(54)30-15-45-66-3/h4-9,13-15,19-24,31-48H,25-30H2,1-3H3. The molecule has 7 aromatic carbocycles. The van der Waals surface area contributed by atoms with Crippen molar-refractivity contribution < 1.29 is 14.2 Å². The van der Waals surface area contributed by atoms with Crippen LogP contribution in [0.25, 0.3) is 33.4 Å². The van der Waals surface area contributed by atoms with Crippen LogP contribution < -0.4 is 0 Å². The van der Waals surface area contributed by atoms with Crippen LogP contribution in [0.4, 0.5) is 0 Å². The van der Waals surface area contributed by atoms with Crippen LogP contribution in [0.5, 0.6) is 0 Å². The Balaban J connectivity index is 1.13. The number of rotatable bonds is 15. The molecule has 0 saturated carbocycles. The topological polar surface area (TPSA) is 27.7 Å². The van der Waals surface area contributed by atoms with Crippen molar-refractivity contribution >= 4 is 0 Å². The summed E-state index contributed by atoms with van der Waals surface area (Å²) in [5.41, 5.74) is 17.2. The molecule has 324 valence electrons. The lowest BCUT2D eigenvalue weighted by molar-refractivity contribution is 0.336. The first-order valence-electron chi connectivity index (χ1n) is 22.3. The van der Waals surface area contributed by atoms with Crippen LogP contribution in [0.15, 0.2) is 201 Å². The lowest BCUT2D eigenvalue weighted by Gasteiger charge is -2.12. The van der Waals surface area contributed by atoms with E-state index < -0.39 is 0 Å². The fourth-order valence-electron chi connectivity index (χ4n) is 7.69. The summed E-state index contributed by atoms with van der Waals surface area (Å²) in [6.45, 7) is 0. The van der Waals surface area contributed by atoms with Gasteiger partial charge in [-0.05, 0) is 159 Å². The van der Waals surface area contributed by atoms with Crippen molar-refractivity contribution in [3.05, 3.63) is 251 Å². The van der Waals surface area contributed by atoms with E-state index in [1.54, 1.807) is 40.1 Å². The average Bonchev–Trinajstić information content (AvgIpc) is 3.36. The van der Waals surface area contributed by atoms with E-state index in [9.17, 15) is 0 Å². The minimum Gasteiger partial charge on any atom is -0.505 e. The minimum absolute atomic E-state index is 0.682. The van der Waals surface area contributed by atoms with Crippen LogP contribution in [0.2, 0.25) is 0 Å². The van der Waals surface area contributed by atoms with Crippen LogP contribution >= 0.6 is 0 Å². The van der Waals surface area contributed by atoms with Gasteiger partial charge in [-0.2, -0.15) is 0 Å². The smallest absolute Gasteiger partial charge is 0.0788 e. The first kappa shape index (κ1) is 45.9. The fourth-order valence-corrected chi connectivity index (χ4v) is 7.69. The molecule has 3 heteroatoms. The molecule has 0 aliphatic rings. The van der Waals surface area contributed by atoms with Crippen LogP contribution in [0.1, 0.15) is 50.1 Å². The van der Waals surface area contributed by atoms with E-state index in [0.717, 1.165) is 69.3 Å². The van der Waals surface area contributed by atoms with Gasteiger partial charge in [0.05, 0.1) is 40.1 Å². The SMILES string of the molecule is COC=CCc1ccccc1CC#Cc1ccc(-c2cc(-c3ccc(C#CCc4ccccc4CC=COC)cc3)cc(-c3ccc(C#CCc4ccccc4CC=COC)cc3)c2)cc1. The van der Waals surface area contributed by atoms with Gasteiger partial charge >= 0.3 is 0 Å². The molecule has 0 unspecified atom stereocenters. The summed E-state index contributed by atoms with van der Waals surface area (Å²) in [7, 11) is 5.00. The first-order chi connectivity index (χ1) is 32.6. The van der Waals surface area contributed by atoms with Gasteiger partial charge in [-0.3, -0.25) is 0 Å². The van der Waals surface area contributed by atoms with Gasteiger partial charge in [0.15, 0.2) is 0 Å². The highest BCUT2D eigenvalue weighted by Crippen LogP contribution is 2.33. The van der Waals surface area contributed by atoms with Gasteiger partial charge in [-0.1, -0.05) is 145 Å². The van der Waals surface area contributed by atoms with Crippen LogP contribution in [0.3, 0.4) is 0 Å². The van der Waals surface area contributed by atoms with Crippen molar-refractivity contribution in [2.45, 2.75) is 38.5 Å². The van der Waals surface area contributed by atoms with Gasteiger partial charge in [0.2, 0.25) is 0 Å². The molecule has 0 aliphatic heterocycles. The van der Waals surface area contributed by atoms with Crippen molar-refractivity contribution in [2.75, 3.05) is 21.3 Å². The number of benzene rings is 7. The zero-order chi connectivity index (χ0) is 45.6. The molecule has 0 saturated heterocycles. The van der Waals surface area contributed by atoms with Crippen LogP contribution in [-0.2, 0) is 52.7 Å². The Bertz CT molecular complexity index is 2630. The van der Waals surface area contributed by atoms with Gasteiger partial charge in [-0.25, -0.2) is 0 Å². The maximum Gasteiger partial charge on any atom is 0.0788 e. The van der Waals surface area contributed by atoms with Gasteiger partial charge in [0.1, 0.15) is 0 Å². The Kier molecular flexibility index (Phi) is 17.1. The van der Waals surface area contributed by atoms with E-state index in [0.29, 0.717) is 19.3 Å².